The van der Waals surface area contributed by atoms with Crippen LogP contribution in [0.3, 0.4) is 0 Å². The zero-order valence-electron chi connectivity index (χ0n) is 10.8. The van der Waals surface area contributed by atoms with Gasteiger partial charge in [-0.3, -0.25) is 4.79 Å². The van der Waals surface area contributed by atoms with Crippen molar-refractivity contribution in [1.29, 1.82) is 0 Å². The van der Waals surface area contributed by atoms with Gasteiger partial charge in [0, 0.05) is 30.7 Å². The summed E-state index contributed by atoms with van der Waals surface area (Å²) in [7, 11) is 1.99. The van der Waals surface area contributed by atoms with Crippen molar-refractivity contribution in [3.05, 3.63) is 34.1 Å². The highest BCUT2D eigenvalue weighted by atomic mass is 79.9. The summed E-state index contributed by atoms with van der Waals surface area (Å²) in [4.78, 5) is 16.2. The molecule has 1 aromatic rings. The second kappa shape index (κ2) is 5.98. The van der Waals surface area contributed by atoms with Crippen molar-refractivity contribution in [1.82, 2.24) is 9.80 Å². The van der Waals surface area contributed by atoms with E-state index >= 15 is 0 Å². The van der Waals surface area contributed by atoms with Crippen LogP contribution in [0.25, 0.3) is 0 Å². The number of halogens is 2. The van der Waals surface area contributed by atoms with E-state index in [1.54, 1.807) is 11.0 Å². The number of hydrogen-bond acceptors (Lipinski definition) is 3. The molecule has 1 saturated heterocycles. The smallest absolute Gasteiger partial charge is 0.257 e. The van der Waals surface area contributed by atoms with Crippen molar-refractivity contribution in [2.45, 2.75) is 6.04 Å². The second-order valence-electron chi connectivity index (χ2n) is 4.77. The minimum atomic E-state index is -0.505. The summed E-state index contributed by atoms with van der Waals surface area (Å²) < 4.78 is 14.5. The van der Waals surface area contributed by atoms with Gasteiger partial charge in [-0.2, -0.15) is 0 Å². The van der Waals surface area contributed by atoms with Crippen molar-refractivity contribution in [3.8, 4) is 0 Å². The van der Waals surface area contributed by atoms with Gasteiger partial charge in [-0.15, -0.1) is 0 Å². The Morgan fingerprint density at radius 2 is 2.26 bits per heavy atom. The summed E-state index contributed by atoms with van der Waals surface area (Å²) in [5.74, 6) is -0.789. The molecule has 1 aromatic carbocycles. The number of carbonyl (C=O) groups is 1. The Hall–Kier alpha value is -0.980. The zero-order chi connectivity index (χ0) is 14.0. The first kappa shape index (κ1) is 14.4. The fraction of sp³-hybridized carbons (Fsp3) is 0.462. The number of likely N-dealkylation sites (N-methyl/N-ethyl adjacent to an activating group) is 1. The molecule has 6 heteroatoms. The third-order valence-corrected chi connectivity index (χ3v) is 3.87. The first-order valence-electron chi connectivity index (χ1n) is 6.17. The van der Waals surface area contributed by atoms with Gasteiger partial charge >= 0.3 is 0 Å². The van der Waals surface area contributed by atoms with Crippen LogP contribution in [-0.2, 0) is 0 Å². The Morgan fingerprint density at radius 3 is 2.89 bits per heavy atom. The van der Waals surface area contributed by atoms with E-state index in [0.29, 0.717) is 17.6 Å². The fourth-order valence-corrected chi connectivity index (χ4v) is 2.63. The van der Waals surface area contributed by atoms with Crippen LogP contribution in [0.15, 0.2) is 22.7 Å². The highest BCUT2D eigenvalue weighted by molar-refractivity contribution is 9.10. The molecule has 104 valence electrons. The average Bonchev–Trinajstić information content (AvgIpc) is 2.37. The maximum Gasteiger partial charge on any atom is 0.257 e. The molecule has 1 fully saturated rings. The molecule has 0 radical (unpaired) electrons. The van der Waals surface area contributed by atoms with E-state index in [2.05, 4.69) is 20.8 Å². The first-order valence-corrected chi connectivity index (χ1v) is 6.97. The predicted octanol–water partition coefficient (Wildman–Crippen LogP) is 1.30. The monoisotopic (exact) mass is 329 g/mol. The molecule has 0 aromatic heterocycles. The van der Waals surface area contributed by atoms with E-state index in [1.165, 1.54) is 12.1 Å². The molecule has 1 unspecified atom stereocenters. The topological polar surface area (TPSA) is 49.6 Å². The third kappa shape index (κ3) is 3.13. The number of benzene rings is 1. The van der Waals surface area contributed by atoms with Crippen molar-refractivity contribution >= 4 is 21.8 Å². The summed E-state index contributed by atoms with van der Waals surface area (Å²) in [5, 5.41) is 0. The van der Waals surface area contributed by atoms with Gasteiger partial charge in [0.25, 0.3) is 5.91 Å². The molecular formula is C13H17BrFN3O. The Bertz CT molecular complexity index is 483. The summed E-state index contributed by atoms with van der Waals surface area (Å²) in [6, 6.07) is 4.42. The van der Waals surface area contributed by atoms with E-state index in [9.17, 15) is 9.18 Å². The maximum absolute atomic E-state index is 13.8. The Kier molecular flexibility index (Phi) is 4.54. The minimum Gasteiger partial charge on any atom is -0.332 e. The SMILES string of the molecule is CN1CCN(C(=O)c2ccc(Br)cc2F)C(CN)C1. The molecule has 1 amide bonds. The van der Waals surface area contributed by atoms with Crippen LogP contribution in [-0.4, -0.2) is 55.0 Å². The fourth-order valence-electron chi connectivity index (χ4n) is 2.30. The molecule has 2 rings (SSSR count). The second-order valence-corrected chi connectivity index (χ2v) is 5.69. The van der Waals surface area contributed by atoms with Crippen LogP contribution in [0.1, 0.15) is 10.4 Å². The van der Waals surface area contributed by atoms with Gasteiger partial charge in [0.05, 0.1) is 11.6 Å². The molecule has 0 aliphatic carbocycles. The molecule has 0 spiro atoms. The summed E-state index contributed by atoms with van der Waals surface area (Å²) >= 11 is 3.18. The summed E-state index contributed by atoms with van der Waals surface area (Å²) in [6.45, 7) is 2.46. The van der Waals surface area contributed by atoms with E-state index in [0.717, 1.165) is 13.1 Å². The van der Waals surface area contributed by atoms with Gasteiger partial charge in [0.15, 0.2) is 0 Å². The summed E-state index contributed by atoms with van der Waals surface area (Å²) in [6.07, 6.45) is 0. The first-order chi connectivity index (χ1) is 9.02. The van der Waals surface area contributed by atoms with E-state index in [4.69, 9.17) is 5.73 Å². The average molecular weight is 330 g/mol. The van der Waals surface area contributed by atoms with Gasteiger partial charge in [-0.1, -0.05) is 15.9 Å². The molecular weight excluding hydrogens is 313 g/mol. The maximum atomic E-state index is 13.8. The number of piperazine rings is 1. The number of rotatable bonds is 2. The van der Waals surface area contributed by atoms with Gasteiger partial charge in [-0.05, 0) is 25.2 Å². The Morgan fingerprint density at radius 1 is 1.53 bits per heavy atom. The van der Waals surface area contributed by atoms with Crippen molar-refractivity contribution < 1.29 is 9.18 Å². The van der Waals surface area contributed by atoms with Crippen molar-refractivity contribution in [2.24, 2.45) is 5.73 Å². The number of nitrogens with two attached hydrogens (primary N) is 1. The number of nitrogens with zero attached hydrogens (tertiary/aromatic N) is 2. The van der Waals surface area contributed by atoms with E-state index < -0.39 is 5.82 Å². The largest absolute Gasteiger partial charge is 0.332 e. The molecule has 4 nitrogen and oxygen atoms in total. The van der Waals surface area contributed by atoms with E-state index in [1.807, 2.05) is 7.05 Å². The molecule has 1 atom stereocenters. The lowest BCUT2D eigenvalue weighted by molar-refractivity contribution is 0.0511. The zero-order valence-corrected chi connectivity index (χ0v) is 12.4. The van der Waals surface area contributed by atoms with Crippen LogP contribution in [0.4, 0.5) is 4.39 Å². The van der Waals surface area contributed by atoms with Gasteiger partial charge in [-0.25, -0.2) is 4.39 Å². The third-order valence-electron chi connectivity index (χ3n) is 3.38. The molecule has 1 heterocycles. The highest BCUT2D eigenvalue weighted by Gasteiger charge is 2.29. The highest BCUT2D eigenvalue weighted by Crippen LogP contribution is 2.19. The summed E-state index contributed by atoms with van der Waals surface area (Å²) in [5.41, 5.74) is 5.82. The van der Waals surface area contributed by atoms with Crippen LogP contribution in [0.2, 0.25) is 0 Å². The standard InChI is InChI=1S/C13H17BrFN3O/c1-17-4-5-18(10(7-16)8-17)13(19)11-3-2-9(14)6-12(11)15/h2-3,6,10H,4-5,7-8,16H2,1H3. The molecule has 0 bridgehead atoms. The molecule has 0 saturated carbocycles. The molecule has 1 aliphatic rings. The van der Waals surface area contributed by atoms with Gasteiger partial charge in [0.1, 0.15) is 5.82 Å². The van der Waals surface area contributed by atoms with Crippen molar-refractivity contribution in [3.63, 3.8) is 0 Å². The normalized spacial score (nSPS) is 20.6. The van der Waals surface area contributed by atoms with E-state index in [-0.39, 0.29) is 17.5 Å². The molecule has 1 aliphatic heterocycles. The lowest BCUT2D eigenvalue weighted by Crippen LogP contribution is -2.56. The van der Waals surface area contributed by atoms with Crippen LogP contribution < -0.4 is 5.73 Å². The quantitative estimate of drug-likeness (QED) is 0.889. The lowest BCUT2D eigenvalue weighted by atomic mass is 10.1. The molecule has 2 N–H and O–H groups in total. The van der Waals surface area contributed by atoms with Crippen LogP contribution >= 0.6 is 15.9 Å². The van der Waals surface area contributed by atoms with Crippen LogP contribution in [0.5, 0.6) is 0 Å². The van der Waals surface area contributed by atoms with Gasteiger partial charge < -0.3 is 15.5 Å². The number of hydrogen-bond donors (Lipinski definition) is 1. The predicted molar refractivity (Wildman–Crippen MR) is 75.5 cm³/mol. The molecule has 19 heavy (non-hydrogen) atoms. The Labute approximate surface area is 120 Å². The van der Waals surface area contributed by atoms with Gasteiger partial charge in [0.2, 0.25) is 0 Å². The van der Waals surface area contributed by atoms with Crippen LogP contribution in [0, 0.1) is 5.82 Å². The number of carbonyl (C=O) groups excluding carboxylic acids is 1. The Balaban J connectivity index is 2.22. The number of amides is 1. The lowest BCUT2D eigenvalue weighted by Gasteiger charge is -2.39. The van der Waals surface area contributed by atoms with Crippen molar-refractivity contribution in [2.75, 3.05) is 33.2 Å². The minimum absolute atomic E-state index is 0.0608.